The molecule has 92 valence electrons. The summed E-state index contributed by atoms with van der Waals surface area (Å²) in [5, 5.41) is 19.2. The lowest BCUT2D eigenvalue weighted by Gasteiger charge is -2.22. The number of hydrogen-bond acceptors (Lipinski definition) is 6. The van der Waals surface area contributed by atoms with Crippen molar-refractivity contribution in [1.29, 1.82) is 5.26 Å². The van der Waals surface area contributed by atoms with Crippen molar-refractivity contribution in [2.75, 3.05) is 0 Å². The second-order valence-corrected chi connectivity index (χ2v) is 6.49. The fraction of sp³-hybridized carbons (Fsp3) is 0.667. The van der Waals surface area contributed by atoms with Crippen molar-refractivity contribution in [3.8, 4) is 5.40 Å². The van der Waals surface area contributed by atoms with Crippen molar-refractivity contribution in [2.24, 2.45) is 0 Å². The van der Waals surface area contributed by atoms with E-state index in [1.54, 1.807) is 33.1 Å². The van der Waals surface area contributed by atoms with Gasteiger partial charge in [-0.2, -0.15) is 5.26 Å². The zero-order valence-corrected chi connectivity index (χ0v) is 11.4. The molecule has 16 heavy (non-hydrogen) atoms. The minimum Gasteiger partial charge on any atom is -0.514 e. The Balaban J connectivity index is 5.06. The van der Waals surface area contributed by atoms with Crippen LogP contribution in [-0.2, 0) is 13.6 Å². The maximum atomic E-state index is 12.3. The van der Waals surface area contributed by atoms with Gasteiger partial charge in [0.1, 0.15) is 16.3 Å². The molecule has 0 saturated carbocycles. The molecule has 0 bridgehead atoms. The number of aliphatic hydroxyl groups is 1. The van der Waals surface area contributed by atoms with Crippen molar-refractivity contribution in [1.82, 2.24) is 0 Å². The highest BCUT2D eigenvalue weighted by atomic mass is 32.2. The number of aliphatic hydroxyl groups excluding tert-OH is 1. The van der Waals surface area contributed by atoms with Crippen LogP contribution < -0.4 is 0 Å². The Morgan fingerprint density at radius 1 is 1.38 bits per heavy atom. The van der Waals surface area contributed by atoms with E-state index in [2.05, 4.69) is 0 Å². The van der Waals surface area contributed by atoms with E-state index in [-0.39, 0.29) is 16.9 Å². The zero-order chi connectivity index (χ0) is 12.8. The van der Waals surface area contributed by atoms with Crippen LogP contribution in [0.15, 0.2) is 10.9 Å². The standard InChI is InChI=1S/C9H16NO4PS/c1-7(2)13-15(12,14-8(3)4)9(5-11)16-6-10/h5,7-8,11H,1-4H3. The Morgan fingerprint density at radius 3 is 2.06 bits per heavy atom. The molecule has 0 saturated heterocycles. The first kappa shape index (κ1) is 15.5. The maximum absolute atomic E-state index is 12.3. The maximum Gasteiger partial charge on any atom is 0.372 e. The summed E-state index contributed by atoms with van der Waals surface area (Å²) in [4.78, 5) is 0. The molecular weight excluding hydrogens is 249 g/mol. The minimum atomic E-state index is -3.61. The zero-order valence-electron chi connectivity index (χ0n) is 9.71. The fourth-order valence-corrected chi connectivity index (χ4v) is 3.37. The van der Waals surface area contributed by atoms with Crippen molar-refractivity contribution < 1.29 is 18.7 Å². The number of rotatable bonds is 6. The largest absolute Gasteiger partial charge is 0.514 e. The number of thiocyanates is 1. The Labute approximate surface area is 100.0 Å². The molecule has 0 aromatic heterocycles. The van der Waals surface area contributed by atoms with Crippen molar-refractivity contribution >= 4 is 19.4 Å². The molecule has 0 aliphatic rings. The van der Waals surface area contributed by atoms with Crippen LogP contribution in [0.25, 0.3) is 0 Å². The highest BCUT2D eigenvalue weighted by Gasteiger charge is 2.34. The van der Waals surface area contributed by atoms with E-state index in [9.17, 15) is 4.57 Å². The molecule has 0 fully saturated rings. The summed E-state index contributed by atoms with van der Waals surface area (Å²) >= 11 is 0.571. The molecule has 0 heterocycles. The molecule has 0 spiro atoms. The van der Waals surface area contributed by atoms with Crippen LogP contribution in [0.4, 0.5) is 0 Å². The molecule has 5 nitrogen and oxygen atoms in total. The van der Waals surface area contributed by atoms with Gasteiger partial charge in [-0.3, -0.25) is 4.57 Å². The number of nitriles is 1. The molecule has 0 aromatic carbocycles. The fourth-order valence-electron chi connectivity index (χ4n) is 0.884. The van der Waals surface area contributed by atoms with Gasteiger partial charge in [-0.15, -0.1) is 0 Å². The smallest absolute Gasteiger partial charge is 0.372 e. The van der Waals surface area contributed by atoms with Crippen LogP contribution in [0, 0.1) is 10.7 Å². The van der Waals surface area contributed by atoms with E-state index in [4.69, 9.17) is 19.4 Å². The molecule has 0 radical (unpaired) electrons. The molecule has 0 aliphatic carbocycles. The van der Waals surface area contributed by atoms with Crippen LogP contribution in [0.2, 0.25) is 0 Å². The van der Waals surface area contributed by atoms with E-state index in [1.807, 2.05) is 0 Å². The lowest BCUT2D eigenvalue weighted by Crippen LogP contribution is -2.08. The lowest BCUT2D eigenvalue weighted by atomic mass is 10.5. The molecule has 1 N–H and O–H groups in total. The molecule has 7 heteroatoms. The van der Waals surface area contributed by atoms with Gasteiger partial charge in [0.05, 0.1) is 12.2 Å². The first-order valence-corrected chi connectivity index (χ1v) is 7.09. The molecular formula is C9H16NO4PS. The van der Waals surface area contributed by atoms with Gasteiger partial charge in [0.25, 0.3) is 0 Å². The van der Waals surface area contributed by atoms with Crippen LogP contribution in [0.5, 0.6) is 0 Å². The van der Waals surface area contributed by atoms with E-state index < -0.39 is 7.60 Å². The predicted molar refractivity (Wildman–Crippen MR) is 64.0 cm³/mol. The van der Waals surface area contributed by atoms with E-state index in [0.29, 0.717) is 18.0 Å². The second kappa shape index (κ2) is 6.97. The topological polar surface area (TPSA) is 79.6 Å². The summed E-state index contributed by atoms with van der Waals surface area (Å²) < 4.78 is 22.6. The first-order valence-electron chi connectivity index (χ1n) is 4.73. The summed E-state index contributed by atoms with van der Waals surface area (Å²) in [6, 6.07) is 0. The third-order valence-electron chi connectivity index (χ3n) is 1.23. The number of hydrogen-bond donors (Lipinski definition) is 1. The van der Waals surface area contributed by atoms with Crippen LogP contribution in [0.1, 0.15) is 27.7 Å². The summed E-state index contributed by atoms with van der Waals surface area (Å²) in [5.41, 5.74) is 0. The number of nitrogens with zero attached hydrogens (tertiary/aromatic N) is 1. The average Bonchev–Trinajstić information content (AvgIpc) is 2.10. The highest BCUT2D eigenvalue weighted by Crippen LogP contribution is 2.61. The van der Waals surface area contributed by atoms with Crippen molar-refractivity contribution in [3.63, 3.8) is 0 Å². The predicted octanol–water partition coefficient (Wildman–Crippen LogP) is 3.60. The normalized spacial score (nSPS) is 13.2. The van der Waals surface area contributed by atoms with Gasteiger partial charge in [-0.05, 0) is 27.7 Å². The van der Waals surface area contributed by atoms with Gasteiger partial charge in [0.2, 0.25) is 0 Å². The number of thioether (sulfide) groups is 1. The Kier molecular flexibility index (Phi) is 6.77. The van der Waals surface area contributed by atoms with Gasteiger partial charge >= 0.3 is 7.60 Å². The molecule has 0 amide bonds. The summed E-state index contributed by atoms with van der Waals surface area (Å²) in [5.74, 6) is 0. The third-order valence-corrected chi connectivity index (χ3v) is 4.63. The van der Waals surface area contributed by atoms with Crippen LogP contribution in [-0.4, -0.2) is 17.3 Å². The minimum absolute atomic E-state index is 0.0996. The summed E-state index contributed by atoms with van der Waals surface area (Å²) in [6.07, 6.45) is -0.0722. The summed E-state index contributed by atoms with van der Waals surface area (Å²) in [7, 11) is -3.61. The summed E-state index contributed by atoms with van der Waals surface area (Å²) in [6.45, 7) is 6.79. The quantitative estimate of drug-likeness (QED) is 0.449. The average molecular weight is 265 g/mol. The van der Waals surface area contributed by atoms with Gasteiger partial charge in [-0.1, -0.05) is 0 Å². The van der Waals surface area contributed by atoms with E-state index in [0.717, 1.165) is 0 Å². The molecule has 0 aliphatic heterocycles. The molecule has 0 atom stereocenters. The van der Waals surface area contributed by atoms with Gasteiger partial charge < -0.3 is 14.2 Å². The van der Waals surface area contributed by atoms with E-state index >= 15 is 0 Å². The van der Waals surface area contributed by atoms with E-state index in [1.165, 1.54) is 0 Å². The monoisotopic (exact) mass is 265 g/mol. The Hall–Kier alpha value is -0.470. The van der Waals surface area contributed by atoms with Crippen molar-refractivity contribution in [3.05, 3.63) is 10.9 Å². The Morgan fingerprint density at radius 2 is 1.81 bits per heavy atom. The van der Waals surface area contributed by atoms with Crippen LogP contribution >= 0.6 is 19.4 Å². The second-order valence-electron chi connectivity index (χ2n) is 3.47. The Bertz CT molecular complexity index is 321. The lowest BCUT2D eigenvalue weighted by molar-refractivity contribution is 0.148. The first-order chi connectivity index (χ1) is 7.35. The van der Waals surface area contributed by atoms with Gasteiger partial charge in [0.15, 0.2) is 0 Å². The third kappa shape index (κ3) is 5.04. The van der Waals surface area contributed by atoms with Gasteiger partial charge in [0, 0.05) is 11.8 Å². The van der Waals surface area contributed by atoms with Crippen molar-refractivity contribution in [2.45, 2.75) is 39.9 Å². The molecule has 0 unspecified atom stereocenters. The SMILES string of the molecule is CC(C)OP(=O)(OC(C)C)C(=CO)SC#N. The molecule has 0 aromatic rings. The molecule has 0 rings (SSSR count). The highest BCUT2D eigenvalue weighted by molar-refractivity contribution is 8.13. The van der Waals surface area contributed by atoms with Crippen LogP contribution in [0.3, 0.4) is 0 Å². The van der Waals surface area contributed by atoms with Gasteiger partial charge in [-0.25, -0.2) is 0 Å².